The molecule has 2 aromatic heterocycles. The summed E-state index contributed by atoms with van der Waals surface area (Å²) >= 11 is 1.22. The minimum Gasteiger partial charge on any atom is -0.481 e. The molecule has 3 rings (SSSR count). The van der Waals surface area contributed by atoms with Crippen LogP contribution in [0.2, 0.25) is 0 Å². The lowest BCUT2D eigenvalue weighted by Gasteiger charge is -2.26. The van der Waals surface area contributed by atoms with Crippen LogP contribution in [-0.4, -0.2) is 33.3 Å². The number of furan rings is 1. The Bertz CT molecular complexity index is 677. The fourth-order valence-corrected chi connectivity index (χ4v) is 3.28. The number of carbonyl (C=O) groups is 2. The summed E-state index contributed by atoms with van der Waals surface area (Å²) < 4.78 is 5.22. The standard InChI is InChI=1S/C14H16N4O4S/c19-12(20)8-3-5-9(6-4-8)15-13(21)16-14-18-17-11(23-14)10-2-1-7-22-10/h1-2,7-9H,3-6H2,(H,19,20)(H2,15,16,18,21). The van der Waals surface area contributed by atoms with Crippen molar-refractivity contribution in [3.05, 3.63) is 18.4 Å². The van der Waals surface area contributed by atoms with E-state index in [0.29, 0.717) is 41.6 Å². The van der Waals surface area contributed by atoms with Gasteiger partial charge in [0, 0.05) is 6.04 Å². The van der Waals surface area contributed by atoms with Crippen LogP contribution in [0.4, 0.5) is 9.93 Å². The molecule has 0 aromatic carbocycles. The number of aliphatic carboxylic acids is 1. The van der Waals surface area contributed by atoms with Crippen molar-refractivity contribution in [3.8, 4) is 10.8 Å². The minimum atomic E-state index is -0.757. The van der Waals surface area contributed by atoms with E-state index in [1.165, 1.54) is 11.3 Å². The smallest absolute Gasteiger partial charge is 0.321 e. The summed E-state index contributed by atoms with van der Waals surface area (Å²) in [6.45, 7) is 0. The molecule has 1 saturated carbocycles. The lowest BCUT2D eigenvalue weighted by molar-refractivity contribution is -0.142. The quantitative estimate of drug-likeness (QED) is 0.790. The zero-order chi connectivity index (χ0) is 16.2. The topological polar surface area (TPSA) is 117 Å². The number of aromatic nitrogens is 2. The molecule has 0 atom stereocenters. The van der Waals surface area contributed by atoms with Crippen molar-refractivity contribution in [2.75, 3.05) is 5.32 Å². The van der Waals surface area contributed by atoms with E-state index in [9.17, 15) is 9.59 Å². The maximum atomic E-state index is 12.0. The summed E-state index contributed by atoms with van der Waals surface area (Å²) in [6.07, 6.45) is 4.05. The number of rotatable bonds is 4. The van der Waals surface area contributed by atoms with Gasteiger partial charge in [-0.1, -0.05) is 11.3 Å². The summed E-state index contributed by atoms with van der Waals surface area (Å²) in [6, 6.07) is 3.16. The summed E-state index contributed by atoms with van der Waals surface area (Å²) in [5.41, 5.74) is 0. The van der Waals surface area contributed by atoms with Gasteiger partial charge in [-0.2, -0.15) is 0 Å². The molecule has 0 radical (unpaired) electrons. The molecule has 2 heterocycles. The van der Waals surface area contributed by atoms with E-state index in [1.54, 1.807) is 18.4 Å². The third kappa shape index (κ3) is 3.86. The monoisotopic (exact) mass is 336 g/mol. The SMILES string of the molecule is O=C(Nc1nnc(-c2ccco2)s1)NC1CCC(C(=O)O)CC1. The van der Waals surface area contributed by atoms with E-state index in [4.69, 9.17) is 9.52 Å². The number of hydrogen-bond acceptors (Lipinski definition) is 6. The normalized spacial score (nSPS) is 20.9. The minimum absolute atomic E-state index is 0.0111. The van der Waals surface area contributed by atoms with Gasteiger partial charge in [0.2, 0.25) is 5.13 Å². The van der Waals surface area contributed by atoms with Crippen molar-refractivity contribution in [1.29, 1.82) is 0 Å². The zero-order valence-electron chi connectivity index (χ0n) is 12.2. The van der Waals surface area contributed by atoms with Gasteiger partial charge in [0.15, 0.2) is 10.8 Å². The van der Waals surface area contributed by atoms with Crippen molar-refractivity contribution in [2.45, 2.75) is 31.7 Å². The molecular formula is C14H16N4O4S. The van der Waals surface area contributed by atoms with Gasteiger partial charge < -0.3 is 14.8 Å². The van der Waals surface area contributed by atoms with Gasteiger partial charge in [-0.05, 0) is 37.8 Å². The molecule has 1 aliphatic carbocycles. The van der Waals surface area contributed by atoms with Crippen molar-refractivity contribution in [3.63, 3.8) is 0 Å². The average Bonchev–Trinajstić information content (AvgIpc) is 3.18. The molecule has 0 saturated heterocycles. The van der Waals surface area contributed by atoms with Crippen LogP contribution in [0.15, 0.2) is 22.8 Å². The first kappa shape index (κ1) is 15.5. The third-order valence-electron chi connectivity index (χ3n) is 3.79. The van der Waals surface area contributed by atoms with Crippen LogP contribution in [0.25, 0.3) is 10.8 Å². The molecule has 0 bridgehead atoms. The van der Waals surface area contributed by atoms with Gasteiger partial charge in [-0.15, -0.1) is 10.2 Å². The number of amides is 2. The Hall–Kier alpha value is -2.42. The maximum absolute atomic E-state index is 12.0. The number of urea groups is 1. The van der Waals surface area contributed by atoms with Gasteiger partial charge >= 0.3 is 12.0 Å². The van der Waals surface area contributed by atoms with Crippen LogP contribution >= 0.6 is 11.3 Å². The maximum Gasteiger partial charge on any atom is 0.321 e. The van der Waals surface area contributed by atoms with Crippen LogP contribution in [0, 0.1) is 5.92 Å². The summed E-state index contributed by atoms with van der Waals surface area (Å²) in [5.74, 6) is -0.453. The first-order valence-electron chi connectivity index (χ1n) is 7.29. The molecule has 2 aromatic rings. The Morgan fingerprint density at radius 1 is 1.26 bits per heavy atom. The summed E-state index contributed by atoms with van der Waals surface area (Å²) in [4.78, 5) is 22.9. The van der Waals surface area contributed by atoms with E-state index in [-0.39, 0.29) is 18.0 Å². The Balaban J connectivity index is 1.49. The Morgan fingerprint density at radius 3 is 2.70 bits per heavy atom. The van der Waals surface area contributed by atoms with Gasteiger partial charge in [0.25, 0.3) is 0 Å². The van der Waals surface area contributed by atoms with Crippen LogP contribution in [0.5, 0.6) is 0 Å². The molecule has 2 amide bonds. The van der Waals surface area contributed by atoms with Gasteiger partial charge in [0.05, 0.1) is 12.2 Å². The Morgan fingerprint density at radius 2 is 2.04 bits per heavy atom. The molecule has 8 nitrogen and oxygen atoms in total. The van der Waals surface area contributed by atoms with Crippen molar-refractivity contribution in [1.82, 2.24) is 15.5 Å². The highest BCUT2D eigenvalue weighted by atomic mass is 32.1. The molecule has 122 valence electrons. The molecule has 0 spiro atoms. The van der Waals surface area contributed by atoms with Gasteiger partial charge in [-0.25, -0.2) is 4.79 Å². The van der Waals surface area contributed by atoms with Crippen molar-refractivity contribution < 1.29 is 19.1 Å². The fourth-order valence-electron chi connectivity index (χ4n) is 2.58. The first-order chi connectivity index (χ1) is 11.1. The Kier molecular flexibility index (Phi) is 4.56. The second-order valence-corrected chi connectivity index (χ2v) is 6.35. The first-order valence-corrected chi connectivity index (χ1v) is 8.11. The highest BCUT2D eigenvalue weighted by Crippen LogP contribution is 2.27. The van der Waals surface area contributed by atoms with E-state index in [0.717, 1.165) is 0 Å². The number of nitrogens with zero attached hydrogens (tertiary/aromatic N) is 2. The van der Waals surface area contributed by atoms with E-state index < -0.39 is 5.97 Å². The third-order valence-corrected chi connectivity index (χ3v) is 4.64. The number of carbonyl (C=O) groups excluding carboxylic acids is 1. The number of nitrogens with one attached hydrogen (secondary N) is 2. The summed E-state index contributed by atoms with van der Waals surface area (Å²) in [5, 5.41) is 23.3. The molecule has 1 aliphatic rings. The zero-order valence-corrected chi connectivity index (χ0v) is 13.0. The summed E-state index contributed by atoms with van der Waals surface area (Å²) in [7, 11) is 0. The van der Waals surface area contributed by atoms with Crippen molar-refractivity contribution >= 4 is 28.5 Å². The predicted octanol–water partition coefficient (Wildman–Crippen LogP) is 2.56. The van der Waals surface area contributed by atoms with E-state index >= 15 is 0 Å². The van der Waals surface area contributed by atoms with E-state index in [1.807, 2.05) is 0 Å². The van der Waals surface area contributed by atoms with Crippen LogP contribution in [-0.2, 0) is 4.79 Å². The molecule has 3 N–H and O–H groups in total. The molecular weight excluding hydrogens is 320 g/mol. The lowest BCUT2D eigenvalue weighted by Crippen LogP contribution is -2.40. The van der Waals surface area contributed by atoms with Crippen LogP contribution in [0.1, 0.15) is 25.7 Å². The number of anilines is 1. The lowest BCUT2D eigenvalue weighted by atomic mass is 9.86. The molecule has 23 heavy (non-hydrogen) atoms. The van der Waals surface area contributed by atoms with Crippen LogP contribution in [0.3, 0.4) is 0 Å². The number of carboxylic acid groups (broad SMARTS) is 1. The highest BCUT2D eigenvalue weighted by molar-refractivity contribution is 7.18. The molecule has 0 unspecified atom stereocenters. The van der Waals surface area contributed by atoms with Gasteiger partial charge in [0.1, 0.15) is 0 Å². The molecule has 9 heteroatoms. The van der Waals surface area contributed by atoms with Crippen LogP contribution < -0.4 is 10.6 Å². The fraction of sp³-hybridized carbons (Fsp3) is 0.429. The van der Waals surface area contributed by atoms with Crippen molar-refractivity contribution in [2.24, 2.45) is 5.92 Å². The largest absolute Gasteiger partial charge is 0.481 e. The molecule has 0 aliphatic heterocycles. The second-order valence-electron chi connectivity index (χ2n) is 5.37. The van der Waals surface area contributed by atoms with E-state index in [2.05, 4.69) is 20.8 Å². The van der Waals surface area contributed by atoms with Gasteiger partial charge in [-0.3, -0.25) is 10.1 Å². The number of carboxylic acids is 1. The highest BCUT2D eigenvalue weighted by Gasteiger charge is 2.26. The average molecular weight is 336 g/mol. The second kappa shape index (κ2) is 6.78. The Labute approximate surface area is 135 Å². The number of hydrogen-bond donors (Lipinski definition) is 3. The molecule has 1 fully saturated rings. The predicted molar refractivity (Wildman–Crippen MR) is 83.1 cm³/mol.